The minimum absolute atomic E-state index is 0. The van der Waals surface area contributed by atoms with Gasteiger partial charge < -0.3 is 0 Å². The molecule has 5 heteroatoms. The van der Waals surface area contributed by atoms with E-state index >= 15 is 0 Å². The molecule has 0 radical (unpaired) electrons. The summed E-state index contributed by atoms with van der Waals surface area (Å²) in [5, 5.41) is 3.75. The van der Waals surface area contributed by atoms with Crippen LogP contribution in [0.5, 0.6) is 0 Å². The molecule has 0 unspecified atom stereocenters. The van der Waals surface area contributed by atoms with Gasteiger partial charge in [0, 0.05) is 18.3 Å². The quantitative estimate of drug-likeness (QED) is 0.595. The third-order valence-electron chi connectivity index (χ3n) is 1.70. The van der Waals surface area contributed by atoms with Crippen molar-refractivity contribution < 1.29 is 4.79 Å². The Hall–Kier alpha value is -0.800. The second-order valence-corrected chi connectivity index (χ2v) is 3.04. The zero-order chi connectivity index (χ0) is 9.84. The molecule has 1 aromatic heterocycles. The van der Waals surface area contributed by atoms with Crippen molar-refractivity contribution in [2.75, 3.05) is 0 Å². The van der Waals surface area contributed by atoms with E-state index < -0.39 is 5.24 Å². The number of halogens is 2. The van der Waals surface area contributed by atoms with Crippen molar-refractivity contribution in [1.82, 2.24) is 9.78 Å². The van der Waals surface area contributed by atoms with Crippen molar-refractivity contribution in [1.29, 1.82) is 0 Å². The Balaban J connectivity index is 0.00000169. The van der Waals surface area contributed by atoms with Crippen LogP contribution in [0.25, 0.3) is 6.08 Å². The number of hydrogen-bond donors (Lipinski definition) is 0. The minimum atomic E-state index is -0.469. The summed E-state index contributed by atoms with van der Waals surface area (Å²) in [7, 11) is 0. The summed E-state index contributed by atoms with van der Waals surface area (Å²) in [6.07, 6.45) is 4.88. The SMILES string of the molecule is CCn1cc(/C=C/C(=O)Cl)c(C)n1.Cl. The molecule has 0 bridgehead atoms. The first kappa shape index (κ1) is 13.2. The van der Waals surface area contributed by atoms with Crippen LogP contribution in [0.15, 0.2) is 12.3 Å². The van der Waals surface area contributed by atoms with Gasteiger partial charge in [0.1, 0.15) is 0 Å². The Morgan fingerprint density at radius 1 is 1.71 bits per heavy atom. The summed E-state index contributed by atoms with van der Waals surface area (Å²) in [5.74, 6) is 0. The summed E-state index contributed by atoms with van der Waals surface area (Å²) < 4.78 is 1.81. The summed E-state index contributed by atoms with van der Waals surface area (Å²) in [6, 6.07) is 0. The van der Waals surface area contributed by atoms with Crippen LogP contribution < -0.4 is 0 Å². The monoisotopic (exact) mass is 234 g/mol. The highest BCUT2D eigenvalue weighted by Gasteiger charge is 1.99. The molecule has 0 atom stereocenters. The molecule has 0 spiro atoms. The molecule has 0 aromatic carbocycles. The second kappa shape index (κ2) is 5.83. The zero-order valence-corrected chi connectivity index (χ0v) is 9.60. The fraction of sp³-hybridized carbons (Fsp3) is 0.333. The van der Waals surface area contributed by atoms with E-state index in [1.54, 1.807) is 6.08 Å². The highest BCUT2D eigenvalue weighted by molar-refractivity contribution is 6.66. The molecule has 14 heavy (non-hydrogen) atoms. The van der Waals surface area contributed by atoms with Gasteiger partial charge in [-0.15, -0.1) is 12.4 Å². The number of hydrogen-bond acceptors (Lipinski definition) is 2. The molecule has 0 N–H and O–H groups in total. The lowest BCUT2D eigenvalue weighted by Crippen LogP contribution is -1.93. The molecule has 0 aliphatic rings. The van der Waals surface area contributed by atoms with Gasteiger partial charge in [-0.25, -0.2) is 0 Å². The molecule has 1 heterocycles. The predicted molar refractivity (Wildman–Crippen MR) is 59.8 cm³/mol. The summed E-state index contributed by atoms with van der Waals surface area (Å²) >= 11 is 5.17. The Morgan fingerprint density at radius 2 is 2.36 bits per heavy atom. The van der Waals surface area contributed by atoms with Crippen molar-refractivity contribution in [3.05, 3.63) is 23.5 Å². The Kier molecular flexibility index (Phi) is 5.50. The Morgan fingerprint density at radius 3 is 2.79 bits per heavy atom. The van der Waals surface area contributed by atoms with Crippen LogP contribution in [-0.2, 0) is 11.3 Å². The number of allylic oxidation sites excluding steroid dienone is 1. The molecule has 0 aliphatic carbocycles. The molecular weight excluding hydrogens is 223 g/mol. The van der Waals surface area contributed by atoms with E-state index in [9.17, 15) is 4.79 Å². The third kappa shape index (κ3) is 3.52. The number of aryl methyl sites for hydroxylation is 2. The number of carbonyl (C=O) groups is 1. The lowest BCUT2D eigenvalue weighted by atomic mass is 10.2. The van der Waals surface area contributed by atoms with Gasteiger partial charge in [0.25, 0.3) is 0 Å². The maximum absolute atomic E-state index is 10.5. The van der Waals surface area contributed by atoms with Gasteiger partial charge in [0.15, 0.2) is 0 Å². The van der Waals surface area contributed by atoms with Crippen molar-refractivity contribution >= 4 is 35.3 Å². The molecule has 78 valence electrons. The highest BCUT2D eigenvalue weighted by Crippen LogP contribution is 2.07. The number of nitrogens with zero attached hydrogens (tertiary/aromatic N) is 2. The van der Waals surface area contributed by atoms with E-state index in [0.29, 0.717) is 0 Å². The molecule has 3 nitrogen and oxygen atoms in total. The number of rotatable bonds is 3. The maximum Gasteiger partial charge on any atom is 0.245 e. The first-order valence-electron chi connectivity index (χ1n) is 4.05. The number of aromatic nitrogens is 2. The van der Waals surface area contributed by atoms with Gasteiger partial charge >= 0.3 is 0 Å². The lowest BCUT2D eigenvalue weighted by Gasteiger charge is -1.89. The Bertz CT molecular complexity index is 345. The number of carbonyl (C=O) groups excluding carboxylic acids is 1. The fourth-order valence-corrected chi connectivity index (χ4v) is 1.08. The van der Waals surface area contributed by atoms with E-state index in [2.05, 4.69) is 5.10 Å². The van der Waals surface area contributed by atoms with Crippen LogP contribution in [0, 0.1) is 6.92 Å². The summed E-state index contributed by atoms with van der Waals surface area (Å²) in [6.45, 7) is 4.72. The summed E-state index contributed by atoms with van der Waals surface area (Å²) in [4.78, 5) is 10.5. The van der Waals surface area contributed by atoms with Gasteiger partial charge in [-0.2, -0.15) is 5.10 Å². The average molecular weight is 235 g/mol. The van der Waals surface area contributed by atoms with Gasteiger partial charge in [0.05, 0.1) is 5.69 Å². The van der Waals surface area contributed by atoms with E-state index in [4.69, 9.17) is 11.6 Å². The molecule has 0 aliphatic heterocycles. The maximum atomic E-state index is 10.5. The van der Waals surface area contributed by atoms with E-state index in [-0.39, 0.29) is 12.4 Å². The van der Waals surface area contributed by atoms with Crippen LogP contribution >= 0.6 is 24.0 Å². The zero-order valence-electron chi connectivity index (χ0n) is 8.03. The van der Waals surface area contributed by atoms with Crippen LogP contribution in [0.2, 0.25) is 0 Å². The van der Waals surface area contributed by atoms with Gasteiger partial charge in [0.2, 0.25) is 5.24 Å². The molecule has 0 amide bonds. The van der Waals surface area contributed by atoms with Crippen LogP contribution in [0.3, 0.4) is 0 Å². The Labute approximate surface area is 94.2 Å². The van der Waals surface area contributed by atoms with Gasteiger partial charge in [-0.1, -0.05) is 0 Å². The van der Waals surface area contributed by atoms with Crippen LogP contribution in [-0.4, -0.2) is 15.0 Å². The third-order valence-corrected chi connectivity index (χ3v) is 1.83. The predicted octanol–water partition coefficient (Wildman–Crippen LogP) is 2.41. The molecule has 0 fully saturated rings. The van der Waals surface area contributed by atoms with E-state index in [1.165, 1.54) is 6.08 Å². The molecule has 0 saturated carbocycles. The minimum Gasteiger partial charge on any atom is -0.276 e. The molecule has 0 saturated heterocycles. The van der Waals surface area contributed by atoms with Crippen LogP contribution in [0.1, 0.15) is 18.2 Å². The fourth-order valence-electron chi connectivity index (χ4n) is 1.01. The van der Waals surface area contributed by atoms with E-state index in [0.717, 1.165) is 17.8 Å². The molecule has 1 aromatic rings. The van der Waals surface area contributed by atoms with E-state index in [1.807, 2.05) is 24.7 Å². The smallest absolute Gasteiger partial charge is 0.245 e. The van der Waals surface area contributed by atoms with Gasteiger partial charge in [-0.05, 0) is 37.6 Å². The average Bonchev–Trinajstić information content (AvgIpc) is 2.43. The van der Waals surface area contributed by atoms with Crippen LogP contribution in [0.4, 0.5) is 0 Å². The first-order valence-corrected chi connectivity index (χ1v) is 4.43. The second-order valence-electron chi connectivity index (χ2n) is 2.66. The van der Waals surface area contributed by atoms with Crippen molar-refractivity contribution in [2.24, 2.45) is 0 Å². The lowest BCUT2D eigenvalue weighted by molar-refractivity contribution is -0.107. The van der Waals surface area contributed by atoms with Crippen molar-refractivity contribution in [3.63, 3.8) is 0 Å². The van der Waals surface area contributed by atoms with Crippen molar-refractivity contribution in [2.45, 2.75) is 20.4 Å². The highest BCUT2D eigenvalue weighted by atomic mass is 35.5. The van der Waals surface area contributed by atoms with Crippen molar-refractivity contribution in [3.8, 4) is 0 Å². The normalized spacial score (nSPS) is 10.2. The molecular formula is C9H12Cl2N2O. The first-order chi connectivity index (χ1) is 6.13. The summed E-state index contributed by atoms with van der Waals surface area (Å²) in [5.41, 5.74) is 1.83. The standard InChI is InChI=1S/C9H11ClN2O.ClH/c1-3-12-6-8(7(2)11-12)4-5-9(10)13;/h4-6H,3H2,1-2H3;1H/b5-4+;. The molecule has 1 rings (SSSR count). The van der Waals surface area contributed by atoms with Gasteiger partial charge in [-0.3, -0.25) is 9.48 Å². The topological polar surface area (TPSA) is 34.9 Å². The largest absolute Gasteiger partial charge is 0.276 e.